The van der Waals surface area contributed by atoms with Crippen LogP contribution in [-0.4, -0.2) is 63.2 Å². The van der Waals surface area contributed by atoms with E-state index in [1.54, 1.807) is 11.1 Å². The lowest BCUT2D eigenvalue weighted by Gasteiger charge is -2.36. The lowest BCUT2D eigenvalue weighted by Crippen LogP contribution is -2.46. The zero-order valence-corrected chi connectivity index (χ0v) is 14.5. The van der Waals surface area contributed by atoms with Crippen LogP contribution < -0.4 is 0 Å². The summed E-state index contributed by atoms with van der Waals surface area (Å²) in [4.78, 5) is 21.0. The van der Waals surface area contributed by atoms with E-state index in [9.17, 15) is 14.3 Å². The zero-order valence-electron chi connectivity index (χ0n) is 14.5. The minimum atomic E-state index is -0.683. The Morgan fingerprint density at radius 1 is 1.40 bits per heavy atom. The molecule has 0 radical (unpaired) electrons. The summed E-state index contributed by atoms with van der Waals surface area (Å²) in [6, 6.07) is 4.09. The van der Waals surface area contributed by atoms with Crippen molar-refractivity contribution in [3.05, 3.63) is 36.5 Å². The molecule has 1 saturated heterocycles. The third-order valence-corrected chi connectivity index (χ3v) is 4.90. The van der Waals surface area contributed by atoms with Gasteiger partial charge in [-0.1, -0.05) is 6.92 Å². The Morgan fingerprint density at radius 3 is 2.76 bits per heavy atom. The van der Waals surface area contributed by atoms with Crippen molar-refractivity contribution in [1.82, 2.24) is 19.4 Å². The van der Waals surface area contributed by atoms with Crippen LogP contribution >= 0.6 is 0 Å². The van der Waals surface area contributed by atoms with E-state index in [1.807, 2.05) is 7.05 Å². The van der Waals surface area contributed by atoms with E-state index in [4.69, 9.17) is 0 Å². The summed E-state index contributed by atoms with van der Waals surface area (Å²) in [6.07, 6.45) is 4.98. The number of benzene rings is 1. The lowest BCUT2D eigenvalue weighted by molar-refractivity contribution is 0.139. The second kappa shape index (κ2) is 7.23. The molecule has 2 heterocycles. The summed E-state index contributed by atoms with van der Waals surface area (Å²) in [7, 11) is 1.82. The second-order valence-electron chi connectivity index (χ2n) is 6.39. The average Bonchev–Trinajstić information content (AvgIpc) is 3.13. The van der Waals surface area contributed by atoms with Gasteiger partial charge in [-0.05, 0) is 37.6 Å². The average molecular weight is 346 g/mol. The normalized spacial score (nSPS) is 16.1. The van der Waals surface area contributed by atoms with Crippen molar-refractivity contribution < 1.29 is 14.3 Å². The highest BCUT2D eigenvalue weighted by Crippen LogP contribution is 2.24. The number of imidazole rings is 1. The molecule has 1 aliphatic rings. The standard InChI is InChI=1S/C18H23FN4O2/c1-3-22-8-6-14(7-9-22)21(2)18(25)23-11-16(20-12-23)13-4-5-15(19)17(24)10-13/h4-5,10-12,14,24H,3,6-9H2,1-2H3. The maximum Gasteiger partial charge on any atom is 0.329 e. The number of nitrogens with zero attached hydrogens (tertiary/aromatic N) is 4. The molecule has 0 unspecified atom stereocenters. The van der Waals surface area contributed by atoms with E-state index in [2.05, 4.69) is 16.8 Å². The van der Waals surface area contributed by atoms with Crippen LogP contribution in [0.4, 0.5) is 9.18 Å². The second-order valence-corrected chi connectivity index (χ2v) is 6.39. The first-order chi connectivity index (χ1) is 12.0. The lowest BCUT2D eigenvalue weighted by atomic mass is 10.0. The Hall–Kier alpha value is -2.41. The van der Waals surface area contributed by atoms with Crippen LogP contribution in [-0.2, 0) is 0 Å². The third-order valence-electron chi connectivity index (χ3n) is 4.90. The van der Waals surface area contributed by atoms with E-state index in [-0.39, 0.29) is 12.1 Å². The van der Waals surface area contributed by atoms with Gasteiger partial charge in [0.1, 0.15) is 6.33 Å². The number of aromatic nitrogens is 2. The molecular weight excluding hydrogens is 323 g/mol. The summed E-state index contributed by atoms with van der Waals surface area (Å²) < 4.78 is 14.6. The van der Waals surface area contributed by atoms with E-state index in [1.165, 1.54) is 29.1 Å². The molecule has 1 aromatic carbocycles. The van der Waals surface area contributed by atoms with Crippen molar-refractivity contribution in [3.63, 3.8) is 0 Å². The monoisotopic (exact) mass is 346 g/mol. The number of amides is 1. The van der Waals surface area contributed by atoms with Gasteiger partial charge in [0.15, 0.2) is 11.6 Å². The highest BCUT2D eigenvalue weighted by Gasteiger charge is 2.25. The molecule has 0 bridgehead atoms. The first kappa shape index (κ1) is 17.4. The van der Waals surface area contributed by atoms with Gasteiger partial charge in [0.25, 0.3) is 0 Å². The third kappa shape index (κ3) is 3.66. The van der Waals surface area contributed by atoms with Crippen molar-refractivity contribution in [2.45, 2.75) is 25.8 Å². The van der Waals surface area contributed by atoms with Gasteiger partial charge in [-0.15, -0.1) is 0 Å². The molecule has 1 fully saturated rings. The van der Waals surface area contributed by atoms with Crippen molar-refractivity contribution >= 4 is 6.03 Å². The molecule has 1 N–H and O–H groups in total. The zero-order chi connectivity index (χ0) is 18.0. The molecule has 6 nitrogen and oxygen atoms in total. The molecule has 1 amide bonds. The highest BCUT2D eigenvalue weighted by atomic mass is 19.1. The van der Waals surface area contributed by atoms with Crippen LogP contribution in [0.3, 0.4) is 0 Å². The Balaban J connectivity index is 1.71. The Labute approximate surface area is 146 Å². The molecule has 1 aliphatic heterocycles. The van der Waals surface area contributed by atoms with Gasteiger partial charge >= 0.3 is 6.03 Å². The number of halogens is 1. The van der Waals surface area contributed by atoms with E-state index >= 15 is 0 Å². The first-order valence-electron chi connectivity index (χ1n) is 8.52. The molecule has 0 spiro atoms. The summed E-state index contributed by atoms with van der Waals surface area (Å²) >= 11 is 0. The van der Waals surface area contributed by atoms with Gasteiger partial charge in [-0.25, -0.2) is 14.2 Å². The summed E-state index contributed by atoms with van der Waals surface area (Å²) in [5.74, 6) is -1.12. The molecule has 7 heteroatoms. The van der Waals surface area contributed by atoms with Crippen LogP contribution in [0.25, 0.3) is 11.3 Å². The minimum absolute atomic E-state index is 0.139. The van der Waals surface area contributed by atoms with Gasteiger partial charge in [-0.2, -0.15) is 0 Å². The van der Waals surface area contributed by atoms with Crippen molar-refractivity contribution in [2.75, 3.05) is 26.7 Å². The summed E-state index contributed by atoms with van der Waals surface area (Å²) in [5.41, 5.74) is 1.07. The Kier molecular flexibility index (Phi) is 5.03. The number of carbonyl (C=O) groups is 1. The van der Waals surface area contributed by atoms with Crippen LogP contribution in [0.2, 0.25) is 0 Å². The van der Waals surface area contributed by atoms with Gasteiger partial charge in [0.05, 0.1) is 5.69 Å². The maximum atomic E-state index is 13.2. The maximum absolute atomic E-state index is 13.2. The fraction of sp³-hybridized carbons (Fsp3) is 0.444. The number of piperidine rings is 1. The fourth-order valence-electron chi connectivity index (χ4n) is 3.21. The number of carbonyl (C=O) groups excluding carboxylic acids is 1. The molecule has 0 atom stereocenters. The number of phenols is 1. The topological polar surface area (TPSA) is 61.6 Å². The van der Waals surface area contributed by atoms with Crippen molar-refractivity contribution in [3.8, 4) is 17.0 Å². The van der Waals surface area contributed by atoms with Crippen LogP contribution in [0.15, 0.2) is 30.7 Å². The van der Waals surface area contributed by atoms with E-state index < -0.39 is 11.6 Å². The van der Waals surface area contributed by atoms with Gasteiger partial charge < -0.3 is 14.9 Å². The van der Waals surface area contributed by atoms with Gasteiger partial charge in [-0.3, -0.25) is 4.57 Å². The SMILES string of the molecule is CCN1CCC(N(C)C(=O)n2cnc(-c3ccc(F)c(O)c3)c2)CC1. The van der Waals surface area contributed by atoms with Gasteiger partial charge in [0, 0.05) is 37.9 Å². The Morgan fingerprint density at radius 2 is 2.12 bits per heavy atom. The predicted octanol–water partition coefficient (Wildman–Crippen LogP) is 2.78. The molecule has 1 aromatic heterocycles. The number of hydrogen-bond donors (Lipinski definition) is 1. The number of phenolic OH excluding ortho intramolecular Hbond substituents is 1. The molecular formula is C18H23FN4O2. The molecule has 0 aliphatic carbocycles. The Bertz CT molecular complexity index is 753. The van der Waals surface area contributed by atoms with Gasteiger partial charge in [0.2, 0.25) is 0 Å². The van der Waals surface area contributed by atoms with Crippen LogP contribution in [0.5, 0.6) is 5.75 Å². The molecule has 3 rings (SSSR count). The largest absolute Gasteiger partial charge is 0.505 e. The molecule has 0 saturated carbocycles. The number of likely N-dealkylation sites (tertiary alicyclic amines) is 1. The van der Waals surface area contributed by atoms with Crippen LogP contribution in [0, 0.1) is 5.82 Å². The van der Waals surface area contributed by atoms with E-state index in [0.29, 0.717) is 11.3 Å². The number of rotatable bonds is 3. The number of hydrogen-bond acceptors (Lipinski definition) is 4. The minimum Gasteiger partial charge on any atom is -0.505 e. The first-order valence-corrected chi connectivity index (χ1v) is 8.52. The highest BCUT2D eigenvalue weighted by molar-refractivity contribution is 5.78. The van der Waals surface area contributed by atoms with Crippen molar-refractivity contribution in [1.29, 1.82) is 0 Å². The molecule has 134 valence electrons. The van der Waals surface area contributed by atoms with E-state index in [0.717, 1.165) is 32.5 Å². The predicted molar refractivity (Wildman–Crippen MR) is 93.0 cm³/mol. The van der Waals surface area contributed by atoms with Crippen molar-refractivity contribution in [2.24, 2.45) is 0 Å². The fourth-order valence-corrected chi connectivity index (χ4v) is 3.21. The molecule has 2 aromatic rings. The summed E-state index contributed by atoms with van der Waals surface area (Å²) in [6.45, 7) is 5.20. The number of aromatic hydroxyl groups is 1. The van der Waals surface area contributed by atoms with Crippen LogP contribution in [0.1, 0.15) is 19.8 Å². The smallest absolute Gasteiger partial charge is 0.329 e. The molecule has 25 heavy (non-hydrogen) atoms. The summed E-state index contributed by atoms with van der Waals surface area (Å²) in [5, 5.41) is 9.49. The quantitative estimate of drug-likeness (QED) is 0.928.